The van der Waals surface area contributed by atoms with Gasteiger partial charge in [0.2, 0.25) is 11.8 Å². The zero-order valence-electron chi connectivity index (χ0n) is 15.3. The summed E-state index contributed by atoms with van der Waals surface area (Å²) in [6.07, 6.45) is 2.97. The molecule has 0 unspecified atom stereocenters. The third-order valence-electron chi connectivity index (χ3n) is 4.78. The molecule has 27 heavy (non-hydrogen) atoms. The molecule has 0 saturated carbocycles. The first-order valence-electron chi connectivity index (χ1n) is 8.91. The second-order valence-electron chi connectivity index (χ2n) is 6.47. The molecule has 2 aromatic heterocycles. The number of amides is 1. The van der Waals surface area contributed by atoms with Gasteiger partial charge in [0.25, 0.3) is 5.89 Å². The summed E-state index contributed by atoms with van der Waals surface area (Å²) in [6, 6.07) is 11.6. The van der Waals surface area contributed by atoms with Crippen molar-refractivity contribution in [3.05, 3.63) is 54.0 Å². The Morgan fingerprint density at radius 2 is 2.04 bits per heavy atom. The van der Waals surface area contributed by atoms with Crippen molar-refractivity contribution in [1.29, 1.82) is 0 Å². The fraction of sp³-hybridized carbons (Fsp3) is 0.300. The van der Waals surface area contributed by atoms with Crippen LogP contribution < -0.4 is 9.64 Å². The largest absolute Gasteiger partial charge is 0.481 e. The van der Waals surface area contributed by atoms with E-state index in [1.54, 1.807) is 24.3 Å². The van der Waals surface area contributed by atoms with E-state index in [-0.39, 0.29) is 11.8 Å². The van der Waals surface area contributed by atoms with Crippen LogP contribution >= 0.6 is 0 Å². The number of pyridine rings is 1. The van der Waals surface area contributed by atoms with Gasteiger partial charge in [-0.1, -0.05) is 24.2 Å². The third-order valence-corrected chi connectivity index (χ3v) is 4.78. The summed E-state index contributed by atoms with van der Waals surface area (Å²) in [5.41, 5.74) is 2.87. The van der Waals surface area contributed by atoms with E-state index in [2.05, 4.69) is 34.2 Å². The molecular weight excluding hydrogens is 344 g/mol. The smallest absolute Gasteiger partial charge is 0.259 e. The number of anilines is 1. The summed E-state index contributed by atoms with van der Waals surface area (Å²) >= 11 is 0. The van der Waals surface area contributed by atoms with Crippen molar-refractivity contribution in [2.45, 2.75) is 25.7 Å². The predicted octanol–water partition coefficient (Wildman–Crippen LogP) is 3.22. The molecule has 7 heteroatoms. The Morgan fingerprint density at radius 1 is 1.22 bits per heavy atom. The topological polar surface area (TPSA) is 81.3 Å². The number of methoxy groups -OCH3 is 1. The van der Waals surface area contributed by atoms with Crippen molar-refractivity contribution in [1.82, 2.24) is 15.1 Å². The van der Waals surface area contributed by atoms with Crippen LogP contribution in [0.5, 0.6) is 5.88 Å². The summed E-state index contributed by atoms with van der Waals surface area (Å²) in [6.45, 7) is 2.66. The van der Waals surface area contributed by atoms with Gasteiger partial charge in [-0.2, -0.15) is 4.98 Å². The second kappa shape index (κ2) is 7.19. The molecule has 1 aromatic carbocycles. The summed E-state index contributed by atoms with van der Waals surface area (Å²) < 4.78 is 10.4. The molecule has 0 spiro atoms. The molecule has 0 radical (unpaired) electrons. The SMILES string of the molecule is CCc1ccc(N2C[C@@H](c3noc(-c4ccc(OC)nc4)n3)CC2=O)cc1. The highest BCUT2D eigenvalue weighted by molar-refractivity contribution is 5.96. The number of nitrogens with zero attached hydrogens (tertiary/aromatic N) is 4. The number of hydrogen-bond acceptors (Lipinski definition) is 6. The van der Waals surface area contributed by atoms with E-state index in [1.807, 2.05) is 18.2 Å². The quantitative estimate of drug-likeness (QED) is 0.691. The van der Waals surface area contributed by atoms with Gasteiger partial charge >= 0.3 is 0 Å². The van der Waals surface area contributed by atoms with Crippen LogP contribution in [0, 0.1) is 0 Å². The number of ether oxygens (including phenoxy) is 1. The molecular formula is C20H20N4O3. The number of aryl methyl sites for hydroxylation is 1. The van der Waals surface area contributed by atoms with Crippen LogP contribution in [0.15, 0.2) is 47.1 Å². The number of hydrogen-bond donors (Lipinski definition) is 0. The molecule has 0 aliphatic carbocycles. The minimum atomic E-state index is -0.0907. The van der Waals surface area contributed by atoms with Crippen molar-refractivity contribution in [3.63, 3.8) is 0 Å². The van der Waals surface area contributed by atoms with Crippen LogP contribution in [-0.4, -0.2) is 34.7 Å². The Hall–Kier alpha value is -3.22. The van der Waals surface area contributed by atoms with Crippen molar-refractivity contribution < 1.29 is 14.1 Å². The van der Waals surface area contributed by atoms with Crippen molar-refractivity contribution in [2.75, 3.05) is 18.6 Å². The summed E-state index contributed by atoms with van der Waals surface area (Å²) in [7, 11) is 1.56. The molecule has 1 atom stereocenters. The van der Waals surface area contributed by atoms with E-state index >= 15 is 0 Å². The second-order valence-corrected chi connectivity index (χ2v) is 6.47. The minimum absolute atomic E-state index is 0.0710. The molecule has 0 bridgehead atoms. The first-order chi connectivity index (χ1) is 13.2. The van der Waals surface area contributed by atoms with Gasteiger partial charge < -0.3 is 14.2 Å². The van der Waals surface area contributed by atoms with E-state index in [9.17, 15) is 4.79 Å². The van der Waals surface area contributed by atoms with E-state index in [0.717, 1.165) is 12.1 Å². The number of carbonyl (C=O) groups is 1. The summed E-state index contributed by atoms with van der Waals surface area (Å²) in [5.74, 6) is 1.43. The molecule has 1 saturated heterocycles. The van der Waals surface area contributed by atoms with Gasteiger partial charge in [0.1, 0.15) is 0 Å². The van der Waals surface area contributed by atoms with Gasteiger partial charge in [0, 0.05) is 36.8 Å². The first kappa shape index (κ1) is 17.2. The highest BCUT2D eigenvalue weighted by Crippen LogP contribution is 2.31. The summed E-state index contributed by atoms with van der Waals surface area (Å²) in [5, 5.41) is 4.08. The first-order valence-corrected chi connectivity index (χ1v) is 8.91. The highest BCUT2D eigenvalue weighted by Gasteiger charge is 2.34. The van der Waals surface area contributed by atoms with Crippen LogP contribution in [-0.2, 0) is 11.2 Å². The Labute approximate surface area is 157 Å². The van der Waals surface area contributed by atoms with E-state index in [0.29, 0.717) is 36.1 Å². The lowest BCUT2D eigenvalue weighted by Gasteiger charge is -2.16. The Bertz CT molecular complexity index is 935. The molecule has 4 rings (SSSR count). The Morgan fingerprint density at radius 3 is 2.70 bits per heavy atom. The van der Waals surface area contributed by atoms with Gasteiger partial charge in [0.05, 0.1) is 12.7 Å². The standard InChI is InChI=1S/C20H20N4O3/c1-3-13-4-7-16(8-5-13)24-12-15(10-18(24)25)19-22-20(27-23-19)14-6-9-17(26-2)21-11-14/h4-9,11,15H,3,10,12H2,1-2H3/t15-/m0/s1. The summed E-state index contributed by atoms with van der Waals surface area (Å²) in [4.78, 5) is 22.9. The normalized spacial score (nSPS) is 16.7. The molecule has 1 aliphatic rings. The van der Waals surface area contributed by atoms with E-state index < -0.39 is 0 Å². The molecule has 1 fully saturated rings. The number of benzene rings is 1. The van der Waals surface area contributed by atoms with Crippen LogP contribution in [0.3, 0.4) is 0 Å². The average molecular weight is 364 g/mol. The maximum Gasteiger partial charge on any atom is 0.259 e. The number of carbonyl (C=O) groups excluding carboxylic acids is 1. The van der Waals surface area contributed by atoms with Crippen molar-refractivity contribution in [3.8, 4) is 17.3 Å². The van der Waals surface area contributed by atoms with Gasteiger partial charge in [0.15, 0.2) is 5.82 Å². The number of rotatable bonds is 5. The lowest BCUT2D eigenvalue weighted by Crippen LogP contribution is -2.24. The van der Waals surface area contributed by atoms with Gasteiger partial charge in [-0.3, -0.25) is 4.79 Å². The minimum Gasteiger partial charge on any atom is -0.481 e. The predicted molar refractivity (Wildman–Crippen MR) is 99.6 cm³/mol. The van der Waals surface area contributed by atoms with Crippen molar-refractivity contribution >= 4 is 11.6 Å². The van der Waals surface area contributed by atoms with Crippen LogP contribution in [0.25, 0.3) is 11.5 Å². The average Bonchev–Trinajstić information content (AvgIpc) is 3.35. The molecule has 7 nitrogen and oxygen atoms in total. The van der Waals surface area contributed by atoms with E-state index in [4.69, 9.17) is 9.26 Å². The van der Waals surface area contributed by atoms with Gasteiger partial charge in [-0.25, -0.2) is 4.98 Å². The maximum absolute atomic E-state index is 12.5. The maximum atomic E-state index is 12.5. The van der Waals surface area contributed by atoms with Gasteiger partial charge in [-0.15, -0.1) is 0 Å². The molecule has 0 N–H and O–H groups in total. The van der Waals surface area contributed by atoms with E-state index in [1.165, 1.54) is 5.56 Å². The fourth-order valence-electron chi connectivity index (χ4n) is 3.19. The molecule has 1 amide bonds. The molecule has 138 valence electrons. The third kappa shape index (κ3) is 3.40. The monoisotopic (exact) mass is 364 g/mol. The molecule has 1 aliphatic heterocycles. The number of aromatic nitrogens is 3. The Kier molecular flexibility index (Phi) is 4.58. The van der Waals surface area contributed by atoms with Crippen LogP contribution in [0.4, 0.5) is 5.69 Å². The van der Waals surface area contributed by atoms with Crippen LogP contribution in [0.1, 0.15) is 30.7 Å². The zero-order chi connectivity index (χ0) is 18.8. The lowest BCUT2D eigenvalue weighted by molar-refractivity contribution is -0.117. The van der Waals surface area contributed by atoms with Gasteiger partial charge in [-0.05, 0) is 30.2 Å². The zero-order valence-corrected chi connectivity index (χ0v) is 15.3. The highest BCUT2D eigenvalue weighted by atomic mass is 16.5. The molecule has 3 aromatic rings. The van der Waals surface area contributed by atoms with Crippen molar-refractivity contribution in [2.24, 2.45) is 0 Å². The molecule has 3 heterocycles. The Balaban J connectivity index is 1.51. The lowest BCUT2D eigenvalue weighted by atomic mass is 10.1. The van der Waals surface area contributed by atoms with Crippen LogP contribution in [0.2, 0.25) is 0 Å². The fourth-order valence-corrected chi connectivity index (χ4v) is 3.19.